The molecule has 0 spiro atoms. The summed E-state index contributed by atoms with van der Waals surface area (Å²) in [5, 5.41) is 3.21. The van der Waals surface area contributed by atoms with Crippen LogP contribution in [0.3, 0.4) is 0 Å². The molecule has 1 aliphatic heterocycles. The van der Waals surface area contributed by atoms with Crippen LogP contribution in [0.2, 0.25) is 0 Å². The monoisotopic (exact) mass is 169 g/mol. The van der Waals surface area contributed by atoms with Crippen LogP contribution in [0.4, 0.5) is 0 Å². The van der Waals surface area contributed by atoms with Crippen LogP contribution in [-0.4, -0.2) is 19.6 Å². The predicted octanol–water partition coefficient (Wildman–Crippen LogP) is 1.21. The van der Waals surface area contributed by atoms with Gasteiger partial charge in [-0.05, 0) is 19.3 Å². The molecule has 0 bridgehead atoms. The highest BCUT2D eigenvalue weighted by Crippen LogP contribution is 2.10. The summed E-state index contributed by atoms with van der Waals surface area (Å²) in [4.78, 5) is 10.9. The van der Waals surface area contributed by atoms with Crippen LogP contribution in [0.1, 0.15) is 25.7 Å². The smallest absolute Gasteiger partial charge is 0.332 e. The third-order valence-corrected chi connectivity index (χ3v) is 1.97. The Morgan fingerprint density at radius 1 is 1.50 bits per heavy atom. The average molecular weight is 169 g/mol. The van der Waals surface area contributed by atoms with E-state index in [1.165, 1.54) is 20.0 Å². The fourth-order valence-electron chi connectivity index (χ4n) is 1.28. The average Bonchev–Trinajstić information content (AvgIpc) is 2.33. The first-order valence-corrected chi connectivity index (χ1v) is 4.35. The van der Waals surface area contributed by atoms with Gasteiger partial charge >= 0.3 is 5.97 Å². The number of rotatable bonds is 1. The minimum atomic E-state index is -0.264. The van der Waals surface area contributed by atoms with Crippen LogP contribution in [0.5, 0.6) is 0 Å². The number of allylic oxidation sites excluding steroid dienone is 1. The standard InChI is InChI=1S/C9H15NO2/c1-12-9(11)7-8-5-3-2-4-6-10-8/h7,10H,2-6H2,1H3. The zero-order valence-corrected chi connectivity index (χ0v) is 7.43. The molecule has 0 saturated carbocycles. The normalized spacial score (nSPS) is 21.2. The summed E-state index contributed by atoms with van der Waals surface area (Å²) < 4.78 is 4.54. The maximum absolute atomic E-state index is 10.9. The fourth-order valence-corrected chi connectivity index (χ4v) is 1.28. The van der Waals surface area contributed by atoms with E-state index in [4.69, 9.17) is 0 Å². The van der Waals surface area contributed by atoms with E-state index in [-0.39, 0.29) is 5.97 Å². The Hall–Kier alpha value is -0.990. The Morgan fingerprint density at radius 3 is 3.08 bits per heavy atom. The third-order valence-electron chi connectivity index (χ3n) is 1.97. The second-order valence-electron chi connectivity index (χ2n) is 2.93. The van der Waals surface area contributed by atoms with Crippen LogP contribution >= 0.6 is 0 Å². The van der Waals surface area contributed by atoms with Crippen molar-refractivity contribution in [2.45, 2.75) is 25.7 Å². The predicted molar refractivity (Wildman–Crippen MR) is 46.6 cm³/mol. The highest BCUT2D eigenvalue weighted by Gasteiger charge is 2.04. The first-order chi connectivity index (χ1) is 5.83. The molecule has 0 atom stereocenters. The maximum Gasteiger partial charge on any atom is 0.332 e. The van der Waals surface area contributed by atoms with E-state index in [1.807, 2.05) is 0 Å². The molecule has 1 aliphatic rings. The fraction of sp³-hybridized carbons (Fsp3) is 0.667. The van der Waals surface area contributed by atoms with E-state index in [2.05, 4.69) is 10.1 Å². The number of ether oxygens (including phenoxy) is 1. The topological polar surface area (TPSA) is 38.3 Å². The van der Waals surface area contributed by atoms with Gasteiger partial charge in [-0.25, -0.2) is 4.79 Å². The van der Waals surface area contributed by atoms with Crippen molar-refractivity contribution in [3.8, 4) is 0 Å². The molecule has 3 heteroatoms. The second kappa shape index (κ2) is 4.80. The lowest BCUT2D eigenvalue weighted by molar-refractivity contribution is -0.134. The number of carbonyl (C=O) groups excluding carboxylic acids is 1. The SMILES string of the molecule is COC(=O)C=C1CCCCCN1. The third kappa shape index (κ3) is 2.95. The molecular weight excluding hydrogens is 154 g/mol. The van der Waals surface area contributed by atoms with Crippen LogP contribution in [-0.2, 0) is 9.53 Å². The molecule has 1 saturated heterocycles. The van der Waals surface area contributed by atoms with E-state index >= 15 is 0 Å². The van der Waals surface area contributed by atoms with Gasteiger partial charge in [-0.3, -0.25) is 0 Å². The zero-order valence-electron chi connectivity index (χ0n) is 7.43. The molecule has 68 valence electrons. The summed E-state index contributed by atoms with van der Waals surface area (Å²) >= 11 is 0. The van der Waals surface area contributed by atoms with Gasteiger partial charge in [0.1, 0.15) is 0 Å². The molecule has 0 aromatic carbocycles. The molecule has 0 amide bonds. The van der Waals surface area contributed by atoms with Gasteiger partial charge < -0.3 is 10.1 Å². The van der Waals surface area contributed by atoms with E-state index in [0.717, 1.165) is 25.1 Å². The Balaban J connectivity index is 2.47. The van der Waals surface area contributed by atoms with Crippen molar-refractivity contribution in [3.05, 3.63) is 11.8 Å². The first-order valence-electron chi connectivity index (χ1n) is 4.35. The number of hydrogen-bond donors (Lipinski definition) is 1. The van der Waals surface area contributed by atoms with Gasteiger partial charge in [-0.15, -0.1) is 0 Å². The van der Waals surface area contributed by atoms with Crippen molar-refractivity contribution in [2.24, 2.45) is 0 Å². The summed E-state index contributed by atoms with van der Waals surface area (Å²) in [5.74, 6) is -0.264. The van der Waals surface area contributed by atoms with E-state index in [9.17, 15) is 4.79 Å². The van der Waals surface area contributed by atoms with Gasteiger partial charge in [0.2, 0.25) is 0 Å². The van der Waals surface area contributed by atoms with Crippen molar-refractivity contribution in [3.63, 3.8) is 0 Å². The molecular formula is C9H15NO2. The largest absolute Gasteiger partial charge is 0.466 e. The highest BCUT2D eigenvalue weighted by atomic mass is 16.5. The molecule has 1 rings (SSSR count). The quantitative estimate of drug-likeness (QED) is 0.473. The Labute approximate surface area is 72.8 Å². The van der Waals surface area contributed by atoms with Crippen LogP contribution in [0, 0.1) is 0 Å². The molecule has 0 radical (unpaired) electrons. The summed E-state index contributed by atoms with van der Waals surface area (Å²) in [6, 6.07) is 0. The molecule has 1 N–H and O–H groups in total. The molecule has 3 nitrogen and oxygen atoms in total. The number of nitrogens with one attached hydrogen (secondary N) is 1. The first kappa shape index (κ1) is 9.10. The zero-order chi connectivity index (χ0) is 8.81. The maximum atomic E-state index is 10.9. The lowest BCUT2D eigenvalue weighted by Crippen LogP contribution is -2.13. The van der Waals surface area contributed by atoms with Gasteiger partial charge in [0.05, 0.1) is 7.11 Å². The molecule has 0 aromatic rings. The number of hydrogen-bond acceptors (Lipinski definition) is 3. The van der Waals surface area contributed by atoms with Gasteiger partial charge in [-0.1, -0.05) is 6.42 Å². The minimum Gasteiger partial charge on any atom is -0.466 e. The molecule has 0 unspecified atom stereocenters. The molecule has 0 aliphatic carbocycles. The Morgan fingerprint density at radius 2 is 2.33 bits per heavy atom. The molecule has 1 fully saturated rings. The molecule has 0 aromatic heterocycles. The van der Waals surface area contributed by atoms with E-state index in [1.54, 1.807) is 6.08 Å². The van der Waals surface area contributed by atoms with Crippen LogP contribution in [0.25, 0.3) is 0 Å². The highest BCUT2D eigenvalue weighted by molar-refractivity contribution is 5.82. The van der Waals surface area contributed by atoms with Gasteiger partial charge in [0.15, 0.2) is 0 Å². The van der Waals surface area contributed by atoms with Crippen molar-refractivity contribution in [1.82, 2.24) is 5.32 Å². The summed E-state index contributed by atoms with van der Waals surface area (Å²) in [6.45, 7) is 0.975. The Kier molecular flexibility index (Phi) is 3.64. The van der Waals surface area contributed by atoms with Gasteiger partial charge in [0.25, 0.3) is 0 Å². The second-order valence-corrected chi connectivity index (χ2v) is 2.93. The minimum absolute atomic E-state index is 0.264. The molecule has 1 heterocycles. The van der Waals surface area contributed by atoms with E-state index in [0.29, 0.717) is 0 Å². The molecule has 12 heavy (non-hydrogen) atoms. The van der Waals surface area contributed by atoms with Crippen molar-refractivity contribution < 1.29 is 9.53 Å². The van der Waals surface area contributed by atoms with Crippen molar-refractivity contribution in [1.29, 1.82) is 0 Å². The number of carbonyl (C=O) groups is 1. The van der Waals surface area contributed by atoms with Crippen molar-refractivity contribution in [2.75, 3.05) is 13.7 Å². The van der Waals surface area contributed by atoms with Crippen LogP contribution in [0.15, 0.2) is 11.8 Å². The summed E-state index contributed by atoms with van der Waals surface area (Å²) in [7, 11) is 1.40. The van der Waals surface area contributed by atoms with E-state index < -0.39 is 0 Å². The summed E-state index contributed by atoms with van der Waals surface area (Å²) in [5.41, 5.74) is 1.01. The van der Waals surface area contributed by atoms with Gasteiger partial charge in [0, 0.05) is 18.3 Å². The lowest BCUT2D eigenvalue weighted by atomic mass is 10.2. The lowest BCUT2D eigenvalue weighted by Gasteiger charge is -2.04. The van der Waals surface area contributed by atoms with Gasteiger partial charge in [-0.2, -0.15) is 0 Å². The summed E-state index contributed by atoms with van der Waals surface area (Å²) in [6.07, 6.45) is 6.11. The van der Waals surface area contributed by atoms with Crippen molar-refractivity contribution >= 4 is 5.97 Å². The Bertz CT molecular complexity index is 177. The number of esters is 1. The number of methoxy groups -OCH3 is 1. The van der Waals surface area contributed by atoms with Crippen LogP contribution < -0.4 is 5.32 Å².